The SMILES string of the molecule is N#Cc1ccc(Sc2ccccc2)c(F)c1Br. The Morgan fingerprint density at radius 3 is 2.47 bits per heavy atom. The zero-order valence-corrected chi connectivity index (χ0v) is 11.1. The molecule has 0 aliphatic heterocycles. The monoisotopic (exact) mass is 307 g/mol. The summed E-state index contributed by atoms with van der Waals surface area (Å²) < 4.78 is 14.1. The maximum absolute atomic E-state index is 13.9. The van der Waals surface area contributed by atoms with Gasteiger partial charge >= 0.3 is 0 Å². The minimum atomic E-state index is -0.391. The summed E-state index contributed by atoms with van der Waals surface area (Å²) in [4.78, 5) is 1.46. The summed E-state index contributed by atoms with van der Waals surface area (Å²) in [6.45, 7) is 0. The molecular weight excluding hydrogens is 301 g/mol. The Labute approximate surface area is 111 Å². The van der Waals surface area contributed by atoms with Crippen LogP contribution < -0.4 is 0 Å². The molecule has 2 aromatic carbocycles. The Kier molecular flexibility index (Phi) is 3.82. The molecule has 0 aliphatic carbocycles. The smallest absolute Gasteiger partial charge is 0.152 e. The number of nitrogens with zero attached hydrogens (tertiary/aromatic N) is 1. The third kappa shape index (κ3) is 2.68. The highest BCUT2D eigenvalue weighted by Crippen LogP contribution is 2.34. The minimum absolute atomic E-state index is 0.223. The molecule has 0 N–H and O–H groups in total. The molecule has 84 valence electrons. The van der Waals surface area contributed by atoms with Gasteiger partial charge in [-0.25, -0.2) is 4.39 Å². The molecule has 0 aromatic heterocycles. The fourth-order valence-corrected chi connectivity index (χ4v) is 2.75. The van der Waals surface area contributed by atoms with Crippen LogP contribution in [0.5, 0.6) is 0 Å². The van der Waals surface area contributed by atoms with E-state index in [0.29, 0.717) is 10.5 Å². The summed E-state index contributed by atoms with van der Waals surface area (Å²) in [5.74, 6) is -0.391. The first-order valence-corrected chi connectivity index (χ1v) is 6.44. The van der Waals surface area contributed by atoms with E-state index in [1.165, 1.54) is 11.8 Å². The van der Waals surface area contributed by atoms with Gasteiger partial charge in [0.15, 0.2) is 5.82 Å². The molecule has 2 aromatic rings. The van der Waals surface area contributed by atoms with Crippen LogP contribution in [0.2, 0.25) is 0 Å². The van der Waals surface area contributed by atoms with Gasteiger partial charge in [-0.15, -0.1) is 0 Å². The van der Waals surface area contributed by atoms with E-state index in [2.05, 4.69) is 15.9 Å². The van der Waals surface area contributed by atoms with Crippen LogP contribution in [0, 0.1) is 17.1 Å². The van der Waals surface area contributed by atoms with Crippen molar-refractivity contribution >= 4 is 27.7 Å². The van der Waals surface area contributed by atoms with Crippen molar-refractivity contribution in [3.63, 3.8) is 0 Å². The summed E-state index contributed by atoms with van der Waals surface area (Å²) >= 11 is 4.43. The standard InChI is InChI=1S/C13H7BrFNS/c14-12-9(8-16)6-7-11(13(12)15)17-10-4-2-1-3-5-10/h1-7H. The Bertz CT molecular complexity index is 578. The van der Waals surface area contributed by atoms with Gasteiger partial charge in [0.05, 0.1) is 10.0 Å². The fraction of sp³-hybridized carbons (Fsp3) is 0. The van der Waals surface area contributed by atoms with Crippen molar-refractivity contribution in [2.45, 2.75) is 9.79 Å². The predicted octanol–water partition coefficient (Wildman–Crippen LogP) is 4.61. The largest absolute Gasteiger partial charge is 0.204 e. The minimum Gasteiger partial charge on any atom is -0.204 e. The van der Waals surface area contributed by atoms with Gasteiger partial charge in [0.2, 0.25) is 0 Å². The topological polar surface area (TPSA) is 23.8 Å². The van der Waals surface area contributed by atoms with E-state index >= 15 is 0 Å². The fourth-order valence-electron chi connectivity index (χ4n) is 1.31. The van der Waals surface area contributed by atoms with Crippen LogP contribution in [0.25, 0.3) is 0 Å². The lowest BCUT2D eigenvalue weighted by molar-refractivity contribution is 0.594. The highest BCUT2D eigenvalue weighted by atomic mass is 79.9. The van der Waals surface area contributed by atoms with E-state index in [4.69, 9.17) is 5.26 Å². The Morgan fingerprint density at radius 1 is 1.12 bits per heavy atom. The molecule has 4 heteroatoms. The second kappa shape index (κ2) is 5.35. The molecule has 0 atom stereocenters. The molecule has 0 heterocycles. The van der Waals surface area contributed by atoms with Crippen LogP contribution >= 0.6 is 27.7 Å². The van der Waals surface area contributed by atoms with Crippen molar-refractivity contribution in [2.75, 3.05) is 0 Å². The molecule has 0 spiro atoms. The van der Waals surface area contributed by atoms with E-state index < -0.39 is 5.82 Å². The lowest BCUT2D eigenvalue weighted by atomic mass is 10.2. The molecule has 0 aliphatic rings. The highest BCUT2D eigenvalue weighted by Gasteiger charge is 2.11. The van der Waals surface area contributed by atoms with Gasteiger partial charge in [0, 0.05) is 9.79 Å². The lowest BCUT2D eigenvalue weighted by Crippen LogP contribution is -1.87. The van der Waals surface area contributed by atoms with Crippen molar-refractivity contribution in [1.29, 1.82) is 5.26 Å². The summed E-state index contributed by atoms with van der Waals surface area (Å²) in [5.41, 5.74) is 0.305. The Morgan fingerprint density at radius 2 is 1.82 bits per heavy atom. The van der Waals surface area contributed by atoms with Crippen molar-refractivity contribution in [1.82, 2.24) is 0 Å². The van der Waals surface area contributed by atoms with Crippen molar-refractivity contribution < 1.29 is 4.39 Å². The van der Waals surface area contributed by atoms with Crippen LogP contribution in [0.3, 0.4) is 0 Å². The van der Waals surface area contributed by atoms with Crippen molar-refractivity contribution in [3.8, 4) is 6.07 Å². The normalized spacial score (nSPS) is 9.94. The highest BCUT2D eigenvalue weighted by molar-refractivity contribution is 9.10. The average molecular weight is 308 g/mol. The Balaban J connectivity index is 2.36. The second-order valence-electron chi connectivity index (χ2n) is 3.27. The first-order valence-electron chi connectivity index (χ1n) is 4.83. The number of benzene rings is 2. The van der Waals surface area contributed by atoms with Gasteiger partial charge < -0.3 is 0 Å². The molecule has 0 fully saturated rings. The predicted molar refractivity (Wildman–Crippen MR) is 69.4 cm³/mol. The van der Waals surface area contributed by atoms with Gasteiger partial charge in [-0.2, -0.15) is 5.26 Å². The molecule has 0 unspecified atom stereocenters. The van der Waals surface area contributed by atoms with E-state index in [0.717, 1.165) is 4.90 Å². The molecule has 0 saturated heterocycles. The second-order valence-corrected chi connectivity index (χ2v) is 5.17. The van der Waals surface area contributed by atoms with Crippen molar-refractivity contribution in [2.24, 2.45) is 0 Å². The van der Waals surface area contributed by atoms with Gasteiger partial charge in [-0.05, 0) is 40.2 Å². The number of hydrogen-bond donors (Lipinski definition) is 0. The zero-order valence-electron chi connectivity index (χ0n) is 8.65. The molecule has 0 amide bonds. The molecule has 0 radical (unpaired) electrons. The number of halogens is 2. The van der Waals surface area contributed by atoms with Crippen LogP contribution in [0.1, 0.15) is 5.56 Å². The average Bonchev–Trinajstić information content (AvgIpc) is 2.37. The third-order valence-corrected chi connectivity index (χ3v) is 3.96. The van der Waals surface area contributed by atoms with Crippen molar-refractivity contribution in [3.05, 3.63) is 58.3 Å². The summed E-state index contributed by atoms with van der Waals surface area (Å²) in [7, 11) is 0. The quantitative estimate of drug-likeness (QED) is 0.809. The van der Waals surface area contributed by atoms with E-state index in [-0.39, 0.29) is 4.47 Å². The lowest BCUT2D eigenvalue weighted by Gasteiger charge is -2.05. The van der Waals surface area contributed by atoms with Gasteiger partial charge in [0.1, 0.15) is 6.07 Å². The molecular formula is C13H7BrFNS. The number of hydrogen-bond acceptors (Lipinski definition) is 2. The molecule has 2 rings (SSSR count). The summed E-state index contributed by atoms with van der Waals surface area (Å²) in [5, 5.41) is 8.77. The maximum Gasteiger partial charge on any atom is 0.152 e. The first-order chi connectivity index (χ1) is 8.22. The first kappa shape index (κ1) is 12.2. The Hall–Kier alpha value is -1.31. The van der Waals surface area contributed by atoms with Crippen LogP contribution in [-0.4, -0.2) is 0 Å². The van der Waals surface area contributed by atoms with Gasteiger partial charge in [-0.3, -0.25) is 0 Å². The number of rotatable bonds is 2. The van der Waals surface area contributed by atoms with Crippen LogP contribution in [-0.2, 0) is 0 Å². The summed E-state index contributed by atoms with van der Waals surface area (Å²) in [6, 6.07) is 14.7. The third-order valence-electron chi connectivity index (χ3n) is 2.14. The molecule has 0 saturated carbocycles. The zero-order chi connectivity index (χ0) is 12.3. The van der Waals surface area contributed by atoms with E-state index in [1.807, 2.05) is 36.4 Å². The van der Waals surface area contributed by atoms with Crippen LogP contribution in [0.15, 0.2) is 56.7 Å². The molecule has 1 nitrogen and oxygen atoms in total. The molecule has 0 bridgehead atoms. The summed E-state index contributed by atoms with van der Waals surface area (Å²) in [6.07, 6.45) is 0. The van der Waals surface area contributed by atoms with E-state index in [1.54, 1.807) is 12.1 Å². The number of nitriles is 1. The molecule has 17 heavy (non-hydrogen) atoms. The van der Waals surface area contributed by atoms with E-state index in [9.17, 15) is 4.39 Å². The maximum atomic E-state index is 13.9. The van der Waals surface area contributed by atoms with Gasteiger partial charge in [0.25, 0.3) is 0 Å². The van der Waals surface area contributed by atoms with Gasteiger partial charge in [-0.1, -0.05) is 30.0 Å². The van der Waals surface area contributed by atoms with Crippen LogP contribution in [0.4, 0.5) is 4.39 Å².